The van der Waals surface area contributed by atoms with Crippen LogP contribution in [-0.2, 0) is 18.0 Å². The average Bonchev–Trinajstić information content (AvgIpc) is 3.52. The van der Waals surface area contributed by atoms with Gasteiger partial charge in [0.1, 0.15) is 36.1 Å². The fourth-order valence-corrected chi connectivity index (χ4v) is 3.17. The summed E-state index contributed by atoms with van der Waals surface area (Å²) in [7, 11) is 0. The van der Waals surface area contributed by atoms with Crippen molar-refractivity contribution >= 4 is 0 Å². The molecular weight excluding hydrogens is 420 g/mol. The van der Waals surface area contributed by atoms with Gasteiger partial charge in [0, 0.05) is 23.3 Å². The van der Waals surface area contributed by atoms with Gasteiger partial charge < -0.3 is 23.3 Å². The first-order chi connectivity index (χ1) is 16.2. The van der Waals surface area contributed by atoms with E-state index >= 15 is 0 Å². The number of benzene rings is 2. The van der Waals surface area contributed by atoms with Crippen molar-refractivity contribution in [2.75, 3.05) is 13.2 Å². The lowest BCUT2D eigenvalue weighted by atomic mass is 10.1. The minimum atomic E-state index is 0.282. The van der Waals surface area contributed by atoms with Gasteiger partial charge in [0.05, 0.1) is 13.2 Å². The van der Waals surface area contributed by atoms with Crippen molar-refractivity contribution in [3.05, 3.63) is 72.2 Å². The van der Waals surface area contributed by atoms with Crippen LogP contribution < -0.4 is 9.47 Å². The van der Waals surface area contributed by atoms with Crippen LogP contribution in [0.3, 0.4) is 0 Å². The zero-order valence-corrected chi connectivity index (χ0v) is 19.0. The Morgan fingerprint density at radius 2 is 1.06 bits per heavy atom. The second-order valence-corrected chi connectivity index (χ2v) is 7.60. The minimum Gasteiger partial charge on any atom is -0.494 e. The summed E-state index contributed by atoms with van der Waals surface area (Å²) in [5.41, 5.74) is 3.42. The van der Waals surface area contributed by atoms with Crippen LogP contribution in [-0.4, -0.2) is 23.5 Å². The lowest BCUT2D eigenvalue weighted by Gasteiger charge is -2.04. The summed E-state index contributed by atoms with van der Waals surface area (Å²) in [6.07, 6.45) is 1.96. The second-order valence-electron chi connectivity index (χ2n) is 7.60. The lowest BCUT2D eigenvalue weighted by molar-refractivity contribution is 0.0727. The quantitative estimate of drug-likeness (QED) is 0.252. The van der Waals surface area contributed by atoms with Gasteiger partial charge in [-0.05, 0) is 61.4 Å². The van der Waals surface area contributed by atoms with E-state index in [1.807, 2.05) is 60.7 Å². The molecule has 0 unspecified atom stereocenters. The highest BCUT2D eigenvalue weighted by atomic mass is 16.5. The van der Waals surface area contributed by atoms with E-state index in [0.717, 1.165) is 46.9 Å². The molecule has 7 nitrogen and oxygen atoms in total. The summed E-state index contributed by atoms with van der Waals surface area (Å²) in [5, 5.41) is 8.26. The lowest BCUT2D eigenvalue weighted by Crippen LogP contribution is -1.94. The Labute approximate surface area is 193 Å². The molecule has 2 heterocycles. The molecule has 0 aliphatic heterocycles. The maximum atomic E-state index is 5.72. The van der Waals surface area contributed by atoms with Crippen molar-refractivity contribution < 1.29 is 23.3 Å². The summed E-state index contributed by atoms with van der Waals surface area (Å²) in [6.45, 7) is 6.14. The molecule has 0 aliphatic rings. The first-order valence-electron chi connectivity index (χ1n) is 11.2. The van der Waals surface area contributed by atoms with Crippen molar-refractivity contribution in [3.8, 4) is 34.0 Å². The fraction of sp³-hybridized carbons (Fsp3) is 0.308. The maximum Gasteiger partial charge on any atom is 0.163 e. The zero-order chi connectivity index (χ0) is 22.9. The topological polar surface area (TPSA) is 79.8 Å². The van der Waals surface area contributed by atoms with Crippen LogP contribution >= 0.6 is 0 Å². The minimum absolute atomic E-state index is 0.282. The highest BCUT2D eigenvalue weighted by molar-refractivity contribution is 5.60. The van der Waals surface area contributed by atoms with Gasteiger partial charge in [-0.2, -0.15) is 0 Å². The Kier molecular flexibility index (Phi) is 7.76. The molecule has 0 fully saturated rings. The summed E-state index contributed by atoms with van der Waals surface area (Å²) < 4.78 is 27.8. The van der Waals surface area contributed by atoms with E-state index in [1.165, 1.54) is 0 Å². The Balaban J connectivity index is 1.27. The summed E-state index contributed by atoms with van der Waals surface area (Å²) >= 11 is 0. The van der Waals surface area contributed by atoms with Gasteiger partial charge >= 0.3 is 0 Å². The van der Waals surface area contributed by atoms with Gasteiger partial charge in [-0.25, -0.2) is 0 Å². The summed E-state index contributed by atoms with van der Waals surface area (Å²) in [4.78, 5) is 0. The number of nitrogens with zero attached hydrogens (tertiary/aromatic N) is 2. The molecule has 4 aromatic rings. The van der Waals surface area contributed by atoms with Crippen LogP contribution in [0, 0.1) is 0 Å². The van der Waals surface area contributed by atoms with Crippen LogP contribution in [0.15, 0.2) is 69.7 Å². The number of aromatic nitrogens is 2. The predicted octanol–water partition coefficient (Wildman–Crippen LogP) is 6.29. The van der Waals surface area contributed by atoms with Gasteiger partial charge in [-0.1, -0.05) is 24.2 Å². The maximum absolute atomic E-state index is 5.72. The summed E-state index contributed by atoms with van der Waals surface area (Å²) in [5.74, 6) is 2.97. The molecule has 0 radical (unpaired) electrons. The van der Waals surface area contributed by atoms with Gasteiger partial charge in [-0.15, -0.1) is 0 Å². The molecule has 0 amide bonds. The molecule has 0 saturated heterocycles. The molecule has 0 saturated carbocycles. The van der Waals surface area contributed by atoms with Gasteiger partial charge in [0.25, 0.3) is 0 Å². The molecule has 172 valence electrons. The predicted molar refractivity (Wildman–Crippen MR) is 124 cm³/mol. The molecule has 0 N–H and O–H groups in total. The molecule has 0 atom stereocenters. The zero-order valence-electron chi connectivity index (χ0n) is 19.0. The third kappa shape index (κ3) is 6.23. The standard InChI is InChI=1S/C26H28N2O5/c1-3-13-30-21-9-5-19(6-10-21)25-15-23(32-27-25)17-29-18-24-16-26(28-33-24)20-7-11-22(12-8-20)31-14-4-2/h5-12,15-16H,3-4,13-14,17-18H2,1-2H3. The number of rotatable bonds is 12. The van der Waals surface area contributed by atoms with E-state index in [1.54, 1.807) is 0 Å². The Hall–Kier alpha value is -3.58. The molecule has 0 spiro atoms. The second kappa shape index (κ2) is 11.3. The third-order valence-corrected chi connectivity index (χ3v) is 4.85. The van der Waals surface area contributed by atoms with Crippen LogP contribution in [0.2, 0.25) is 0 Å². The van der Waals surface area contributed by atoms with E-state index in [2.05, 4.69) is 24.2 Å². The van der Waals surface area contributed by atoms with Crippen LogP contribution in [0.25, 0.3) is 22.5 Å². The fourth-order valence-electron chi connectivity index (χ4n) is 3.17. The van der Waals surface area contributed by atoms with E-state index < -0.39 is 0 Å². The molecule has 0 bridgehead atoms. The molecule has 2 aromatic carbocycles. The Bertz CT molecular complexity index is 1030. The van der Waals surface area contributed by atoms with Crippen molar-refractivity contribution in [3.63, 3.8) is 0 Å². The van der Waals surface area contributed by atoms with Gasteiger partial charge in [0.2, 0.25) is 0 Å². The van der Waals surface area contributed by atoms with Crippen molar-refractivity contribution in [2.45, 2.75) is 39.9 Å². The molecule has 33 heavy (non-hydrogen) atoms. The Morgan fingerprint density at radius 3 is 1.45 bits per heavy atom. The molecule has 4 rings (SSSR count). The van der Waals surface area contributed by atoms with Crippen LogP contribution in [0.5, 0.6) is 11.5 Å². The average molecular weight is 449 g/mol. The van der Waals surface area contributed by atoms with Crippen LogP contribution in [0.4, 0.5) is 0 Å². The van der Waals surface area contributed by atoms with E-state index in [9.17, 15) is 0 Å². The highest BCUT2D eigenvalue weighted by Crippen LogP contribution is 2.24. The molecular formula is C26H28N2O5. The SMILES string of the molecule is CCCOc1ccc(-c2cc(COCc3cc(-c4ccc(OCCC)cc4)no3)on2)cc1. The third-order valence-electron chi connectivity index (χ3n) is 4.85. The number of hydrogen-bond donors (Lipinski definition) is 0. The first-order valence-corrected chi connectivity index (χ1v) is 11.2. The van der Waals surface area contributed by atoms with E-state index in [4.69, 9.17) is 23.3 Å². The molecule has 0 aliphatic carbocycles. The monoisotopic (exact) mass is 448 g/mol. The number of hydrogen-bond acceptors (Lipinski definition) is 7. The number of ether oxygens (including phenoxy) is 3. The largest absolute Gasteiger partial charge is 0.494 e. The van der Waals surface area contributed by atoms with Crippen LogP contribution in [0.1, 0.15) is 38.2 Å². The molecule has 2 aromatic heterocycles. The van der Waals surface area contributed by atoms with E-state index in [0.29, 0.717) is 24.7 Å². The van der Waals surface area contributed by atoms with Gasteiger partial charge in [0.15, 0.2) is 11.5 Å². The van der Waals surface area contributed by atoms with Crippen molar-refractivity contribution in [1.29, 1.82) is 0 Å². The van der Waals surface area contributed by atoms with Crippen molar-refractivity contribution in [2.24, 2.45) is 0 Å². The first kappa shape index (κ1) is 22.6. The summed E-state index contributed by atoms with van der Waals surface area (Å²) in [6, 6.07) is 19.3. The van der Waals surface area contributed by atoms with E-state index in [-0.39, 0.29) is 13.2 Å². The smallest absolute Gasteiger partial charge is 0.163 e. The van der Waals surface area contributed by atoms with Gasteiger partial charge in [-0.3, -0.25) is 0 Å². The Morgan fingerprint density at radius 1 is 0.636 bits per heavy atom. The highest BCUT2D eigenvalue weighted by Gasteiger charge is 2.10. The van der Waals surface area contributed by atoms with Crippen molar-refractivity contribution in [1.82, 2.24) is 10.3 Å². The normalized spacial score (nSPS) is 11.0. The molecule has 7 heteroatoms.